The van der Waals surface area contributed by atoms with E-state index >= 15 is 0 Å². The summed E-state index contributed by atoms with van der Waals surface area (Å²) in [5.74, 6) is -0.0684. The van der Waals surface area contributed by atoms with E-state index in [1.54, 1.807) is 47.9 Å². The van der Waals surface area contributed by atoms with Gasteiger partial charge in [0.05, 0.1) is 23.0 Å². The van der Waals surface area contributed by atoms with Crippen molar-refractivity contribution in [3.8, 4) is 5.75 Å². The Bertz CT molecular complexity index is 1150. The zero-order valence-electron chi connectivity index (χ0n) is 15.9. The number of carbonyl (C=O) groups is 1. The lowest BCUT2D eigenvalue weighted by Crippen LogP contribution is -2.32. The van der Waals surface area contributed by atoms with E-state index in [-0.39, 0.29) is 11.3 Å². The molecule has 7 nitrogen and oxygen atoms in total. The zero-order chi connectivity index (χ0) is 21.1. The van der Waals surface area contributed by atoms with Crippen LogP contribution < -0.4 is 14.5 Å². The maximum Gasteiger partial charge on any atom is 0.265 e. The first kappa shape index (κ1) is 19.9. The highest BCUT2D eigenvalue weighted by Gasteiger charge is 2.43. The lowest BCUT2D eigenvalue weighted by molar-refractivity contribution is -0.129. The SMILES string of the molecule is O=C(CC1c2ccccc2S(=O)(=O)N1c1ccc(OCc2ccccc2)cc1)NO. The van der Waals surface area contributed by atoms with Gasteiger partial charge in [0.1, 0.15) is 12.4 Å². The smallest absolute Gasteiger partial charge is 0.265 e. The van der Waals surface area contributed by atoms with Crippen LogP contribution in [0.4, 0.5) is 5.69 Å². The van der Waals surface area contributed by atoms with Gasteiger partial charge in [0, 0.05) is 0 Å². The Balaban J connectivity index is 1.61. The Labute approximate surface area is 174 Å². The van der Waals surface area contributed by atoms with Crippen molar-refractivity contribution in [1.82, 2.24) is 5.48 Å². The summed E-state index contributed by atoms with van der Waals surface area (Å²) in [6, 6.07) is 22.2. The van der Waals surface area contributed by atoms with Crippen LogP contribution in [0, 0.1) is 0 Å². The molecule has 30 heavy (non-hydrogen) atoms. The molecule has 1 unspecified atom stereocenters. The van der Waals surface area contributed by atoms with E-state index in [9.17, 15) is 13.2 Å². The topological polar surface area (TPSA) is 95.9 Å². The molecule has 0 bridgehead atoms. The molecular formula is C22H20N2O5S. The molecular weight excluding hydrogens is 404 g/mol. The fourth-order valence-corrected chi connectivity index (χ4v) is 5.44. The fraction of sp³-hybridized carbons (Fsp3) is 0.136. The number of hydrogen-bond donors (Lipinski definition) is 2. The summed E-state index contributed by atoms with van der Waals surface area (Å²) in [5.41, 5.74) is 3.54. The lowest BCUT2D eigenvalue weighted by atomic mass is 10.0. The minimum atomic E-state index is -3.84. The molecule has 8 heteroatoms. The average molecular weight is 424 g/mol. The summed E-state index contributed by atoms with van der Waals surface area (Å²) >= 11 is 0. The van der Waals surface area contributed by atoms with Gasteiger partial charge in [0.25, 0.3) is 10.0 Å². The standard InChI is InChI=1S/C22H20N2O5S/c25-22(23-26)14-20-19-8-4-5-9-21(19)30(27,28)24(20)17-10-12-18(13-11-17)29-15-16-6-2-1-3-7-16/h1-13,20,26H,14-15H2,(H,23,25). The van der Waals surface area contributed by atoms with E-state index in [4.69, 9.17) is 9.94 Å². The van der Waals surface area contributed by atoms with Gasteiger partial charge in [-0.3, -0.25) is 14.3 Å². The van der Waals surface area contributed by atoms with Crippen LogP contribution in [-0.4, -0.2) is 19.5 Å². The maximum absolute atomic E-state index is 13.2. The predicted octanol–water partition coefficient (Wildman–Crippen LogP) is 3.41. The first-order valence-electron chi connectivity index (χ1n) is 9.34. The molecule has 0 aromatic heterocycles. The van der Waals surface area contributed by atoms with Crippen LogP contribution in [0.5, 0.6) is 5.75 Å². The first-order valence-corrected chi connectivity index (χ1v) is 10.8. The summed E-state index contributed by atoms with van der Waals surface area (Å²) in [7, 11) is -3.84. The number of hydroxylamine groups is 1. The number of amides is 1. The third kappa shape index (κ3) is 3.74. The van der Waals surface area contributed by atoms with Crippen LogP contribution in [0.15, 0.2) is 83.8 Å². The monoisotopic (exact) mass is 424 g/mol. The minimum absolute atomic E-state index is 0.158. The zero-order valence-corrected chi connectivity index (χ0v) is 16.7. The highest BCUT2D eigenvalue weighted by atomic mass is 32.2. The normalized spacial score (nSPS) is 16.7. The van der Waals surface area contributed by atoms with E-state index < -0.39 is 22.0 Å². The molecule has 1 aliphatic heterocycles. The number of rotatable bonds is 6. The van der Waals surface area contributed by atoms with Gasteiger partial charge >= 0.3 is 0 Å². The number of hydrogen-bond acceptors (Lipinski definition) is 5. The highest BCUT2D eigenvalue weighted by molar-refractivity contribution is 7.93. The maximum atomic E-state index is 13.2. The molecule has 1 amide bonds. The Kier molecular flexibility index (Phi) is 5.43. The number of benzene rings is 3. The van der Waals surface area contributed by atoms with Crippen LogP contribution >= 0.6 is 0 Å². The molecule has 0 spiro atoms. The fourth-order valence-electron chi connectivity index (χ4n) is 3.55. The van der Waals surface area contributed by atoms with E-state index in [1.807, 2.05) is 30.3 Å². The Morgan fingerprint density at radius 1 is 0.967 bits per heavy atom. The molecule has 1 atom stereocenters. The van der Waals surface area contributed by atoms with Crippen molar-refractivity contribution < 1.29 is 23.2 Å². The Morgan fingerprint density at radius 3 is 2.33 bits per heavy atom. The van der Waals surface area contributed by atoms with Gasteiger partial charge in [0.15, 0.2) is 0 Å². The Hall–Kier alpha value is -3.36. The van der Waals surface area contributed by atoms with Crippen LogP contribution in [0.25, 0.3) is 0 Å². The average Bonchev–Trinajstić information content (AvgIpc) is 3.00. The van der Waals surface area contributed by atoms with Crippen molar-refractivity contribution in [2.24, 2.45) is 0 Å². The van der Waals surface area contributed by atoms with Crippen LogP contribution in [-0.2, 0) is 21.4 Å². The number of carbonyl (C=O) groups excluding carboxylic acids is 1. The van der Waals surface area contributed by atoms with Crippen molar-refractivity contribution >= 4 is 21.6 Å². The molecule has 3 aromatic rings. The van der Waals surface area contributed by atoms with E-state index in [2.05, 4.69) is 0 Å². The largest absolute Gasteiger partial charge is 0.489 e. The summed E-state index contributed by atoms with van der Waals surface area (Å²) in [6.07, 6.45) is -0.209. The van der Waals surface area contributed by atoms with Crippen molar-refractivity contribution in [1.29, 1.82) is 0 Å². The van der Waals surface area contributed by atoms with Crippen molar-refractivity contribution in [2.45, 2.75) is 24.0 Å². The van der Waals surface area contributed by atoms with Gasteiger partial charge in [-0.05, 0) is 41.5 Å². The quantitative estimate of drug-likeness (QED) is 0.467. The number of ether oxygens (including phenoxy) is 1. The van der Waals surface area contributed by atoms with Gasteiger partial charge < -0.3 is 4.74 Å². The van der Waals surface area contributed by atoms with Crippen molar-refractivity contribution in [3.05, 3.63) is 90.0 Å². The summed E-state index contributed by atoms with van der Waals surface area (Å²) < 4.78 is 33.3. The molecule has 3 aromatic carbocycles. The molecule has 4 rings (SSSR count). The summed E-state index contributed by atoms with van der Waals surface area (Å²) in [4.78, 5) is 12.0. The number of anilines is 1. The highest BCUT2D eigenvalue weighted by Crippen LogP contribution is 2.44. The van der Waals surface area contributed by atoms with Gasteiger partial charge in [-0.25, -0.2) is 13.9 Å². The number of fused-ring (bicyclic) bond motifs is 1. The van der Waals surface area contributed by atoms with Gasteiger partial charge in [0.2, 0.25) is 5.91 Å². The molecule has 1 heterocycles. The molecule has 1 aliphatic rings. The van der Waals surface area contributed by atoms with Crippen LogP contribution in [0.1, 0.15) is 23.6 Å². The van der Waals surface area contributed by atoms with E-state index in [0.717, 1.165) is 5.56 Å². The third-order valence-electron chi connectivity index (χ3n) is 4.94. The number of nitrogens with one attached hydrogen (secondary N) is 1. The molecule has 0 saturated carbocycles. The Morgan fingerprint density at radius 2 is 1.63 bits per heavy atom. The van der Waals surface area contributed by atoms with Crippen molar-refractivity contribution in [3.63, 3.8) is 0 Å². The molecule has 0 aliphatic carbocycles. The summed E-state index contributed by atoms with van der Waals surface area (Å²) in [5, 5.41) is 8.94. The minimum Gasteiger partial charge on any atom is -0.489 e. The number of sulfonamides is 1. The van der Waals surface area contributed by atoms with Gasteiger partial charge in [-0.2, -0.15) is 0 Å². The molecule has 0 saturated heterocycles. The number of nitrogens with zero attached hydrogens (tertiary/aromatic N) is 1. The van der Waals surface area contributed by atoms with Gasteiger partial charge in [-0.15, -0.1) is 0 Å². The van der Waals surface area contributed by atoms with E-state index in [0.29, 0.717) is 23.6 Å². The molecule has 0 radical (unpaired) electrons. The van der Waals surface area contributed by atoms with Crippen molar-refractivity contribution in [2.75, 3.05) is 4.31 Å². The second-order valence-electron chi connectivity index (χ2n) is 6.86. The second kappa shape index (κ2) is 8.17. The predicted molar refractivity (Wildman–Crippen MR) is 111 cm³/mol. The van der Waals surface area contributed by atoms with Crippen LogP contribution in [0.2, 0.25) is 0 Å². The second-order valence-corrected chi connectivity index (χ2v) is 8.65. The van der Waals surface area contributed by atoms with Gasteiger partial charge in [-0.1, -0.05) is 48.5 Å². The van der Waals surface area contributed by atoms with E-state index in [1.165, 1.54) is 10.4 Å². The van der Waals surface area contributed by atoms with Crippen LogP contribution in [0.3, 0.4) is 0 Å². The summed E-state index contributed by atoms with van der Waals surface area (Å²) in [6.45, 7) is 0.396. The first-order chi connectivity index (χ1) is 14.5. The third-order valence-corrected chi connectivity index (χ3v) is 6.85. The molecule has 2 N–H and O–H groups in total. The molecule has 0 fully saturated rings. The molecule has 154 valence electrons. The lowest BCUT2D eigenvalue weighted by Gasteiger charge is -2.25.